The number of carbonyl (C=O) groups excluding carboxylic acids is 1. The fraction of sp³-hybridized carbons (Fsp3) is 0.889. The molecule has 0 saturated heterocycles. The number of carbonyl (C=O) groups is 1. The maximum absolute atomic E-state index is 12.2. The fourth-order valence-electron chi connectivity index (χ4n) is 1.73. The van der Waals surface area contributed by atoms with E-state index < -0.39 is 12.1 Å². The molecule has 0 radical (unpaired) electrons. The van der Waals surface area contributed by atoms with Crippen LogP contribution in [0, 0.1) is 11.8 Å². The molecule has 1 aliphatic rings. The third-order valence-electron chi connectivity index (χ3n) is 2.81. The summed E-state index contributed by atoms with van der Waals surface area (Å²) in [7, 11) is 0. The van der Waals surface area contributed by atoms with Gasteiger partial charge < -0.3 is 0 Å². The quantitative estimate of drug-likeness (QED) is 0.627. The molecule has 1 fully saturated rings. The molecule has 1 saturated carbocycles. The Balaban J connectivity index is 2.49. The van der Waals surface area contributed by atoms with Gasteiger partial charge in [-0.15, -0.1) is 0 Å². The van der Waals surface area contributed by atoms with Crippen molar-refractivity contribution in [2.24, 2.45) is 11.8 Å². The zero-order chi connectivity index (χ0) is 10.1. The van der Waals surface area contributed by atoms with Crippen molar-refractivity contribution in [1.29, 1.82) is 0 Å². The Morgan fingerprint density at radius 2 is 1.77 bits per heavy atom. The van der Waals surface area contributed by atoms with Gasteiger partial charge in [-0.1, -0.05) is 6.92 Å². The van der Waals surface area contributed by atoms with Crippen LogP contribution < -0.4 is 0 Å². The van der Waals surface area contributed by atoms with Crippen molar-refractivity contribution in [3.63, 3.8) is 0 Å². The topological polar surface area (TPSA) is 17.1 Å². The van der Waals surface area contributed by atoms with Crippen LogP contribution in [0.15, 0.2) is 0 Å². The highest BCUT2D eigenvalue weighted by Crippen LogP contribution is 2.38. The lowest BCUT2D eigenvalue weighted by Crippen LogP contribution is -2.30. The standard InChI is InChI=1S/C9H13F3O/c1-6(9(10,11)12)7-2-4-8(13)5-3-7/h6-7H,2-5H2,1H3. The lowest BCUT2D eigenvalue weighted by molar-refractivity contribution is -0.186. The molecule has 0 amide bonds. The number of alkyl halides is 3. The van der Waals surface area contributed by atoms with Crippen LogP contribution in [-0.4, -0.2) is 12.0 Å². The lowest BCUT2D eigenvalue weighted by Gasteiger charge is -2.28. The average Bonchev–Trinajstić information content (AvgIpc) is 2.03. The number of ketones is 1. The second-order valence-electron chi connectivity index (χ2n) is 3.71. The van der Waals surface area contributed by atoms with Crippen LogP contribution in [0.5, 0.6) is 0 Å². The van der Waals surface area contributed by atoms with Gasteiger partial charge in [0, 0.05) is 12.8 Å². The first-order valence-corrected chi connectivity index (χ1v) is 4.49. The summed E-state index contributed by atoms with van der Waals surface area (Å²) in [6.45, 7) is 1.21. The Labute approximate surface area is 75.3 Å². The van der Waals surface area contributed by atoms with E-state index in [4.69, 9.17) is 0 Å². The molecule has 1 aliphatic carbocycles. The number of hydrogen-bond acceptors (Lipinski definition) is 1. The van der Waals surface area contributed by atoms with Gasteiger partial charge in [-0.05, 0) is 18.8 Å². The van der Waals surface area contributed by atoms with Crippen molar-refractivity contribution in [3.8, 4) is 0 Å². The summed E-state index contributed by atoms with van der Waals surface area (Å²) in [6, 6.07) is 0. The minimum Gasteiger partial charge on any atom is -0.300 e. The van der Waals surface area contributed by atoms with Crippen LogP contribution in [0.3, 0.4) is 0 Å². The molecule has 0 N–H and O–H groups in total. The zero-order valence-corrected chi connectivity index (χ0v) is 7.53. The van der Waals surface area contributed by atoms with Gasteiger partial charge in [-0.25, -0.2) is 0 Å². The average molecular weight is 194 g/mol. The van der Waals surface area contributed by atoms with E-state index in [1.807, 2.05) is 0 Å². The van der Waals surface area contributed by atoms with Crippen molar-refractivity contribution in [2.45, 2.75) is 38.8 Å². The molecular weight excluding hydrogens is 181 g/mol. The maximum Gasteiger partial charge on any atom is 0.391 e. The third kappa shape index (κ3) is 2.71. The fourth-order valence-corrected chi connectivity index (χ4v) is 1.73. The predicted molar refractivity (Wildman–Crippen MR) is 42.2 cm³/mol. The largest absolute Gasteiger partial charge is 0.391 e. The molecule has 4 heteroatoms. The van der Waals surface area contributed by atoms with Crippen LogP contribution in [0.1, 0.15) is 32.6 Å². The van der Waals surface area contributed by atoms with Gasteiger partial charge in [0.2, 0.25) is 0 Å². The van der Waals surface area contributed by atoms with Crippen LogP contribution in [0.25, 0.3) is 0 Å². The molecular formula is C9H13F3O. The van der Waals surface area contributed by atoms with Crippen LogP contribution >= 0.6 is 0 Å². The Morgan fingerprint density at radius 3 is 2.15 bits per heavy atom. The molecule has 0 aromatic rings. The summed E-state index contributed by atoms with van der Waals surface area (Å²) < 4.78 is 36.7. The van der Waals surface area contributed by atoms with Crippen molar-refractivity contribution >= 4 is 5.78 Å². The summed E-state index contributed by atoms with van der Waals surface area (Å²) in [5.41, 5.74) is 0. The minimum atomic E-state index is -4.11. The Hall–Kier alpha value is -0.540. The van der Waals surface area contributed by atoms with Crippen molar-refractivity contribution in [2.75, 3.05) is 0 Å². The van der Waals surface area contributed by atoms with Gasteiger partial charge in [-0.3, -0.25) is 4.79 Å². The van der Waals surface area contributed by atoms with Crippen LogP contribution in [0.4, 0.5) is 13.2 Å². The summed E-state index contributed by atoms with van der Waals surface area (Å²) in [4.78, 5) is 10.8. The molecule has 0 aromatic carbocycles. The normalized spacial score (nSPS) is 23.2. The van der Waals surface area contributed by atoms with E-state index >= 15 is 0 Å². The third-order valence-corrected chi connectivity index (χ3v) is 2.81. The van der Waals surface area contributed by atoms with Gasteiger partial charge in [0.05, 0.1) is 5.92 Å². The lowest BCUT2D eigenvalue weighted by atomic mass is 9.80. The molecule has 0 heterocycles. The molecule has 13 heavy (non-hydrogen) atoms. The van der Waals surface area contributed by atoms with Gasteiger partial charge >= 0.3 is 6.18 Å². The molecule has 1 unspecified atom stereocenters. The molecule has 1 rings (SSSR count). The second-order valence-corrected chi connectivity index (χ2v) is 3.71. The van der Waals surface area contributed by atoms with Crippen molar-refractivity contribution in [1.82, 2.24) is 0 Å². The molecule has 1 atom stereocenters. The van der Waals surface area contributed by atoms with E-state index in [1.165, 1.54) is 6.92 Å². The second kappa shape index (κ2) is 3.68. The number of rotatable bonds is 1. The summed E-state index contributed by atoms with van der Waals surface area (Å²) in [5, 5.41) is 0. The number of Topliss-reactive ketones (excluding diaryl/α,β-unsaturated/α-hetero) is 1. The molecule has 0 spiro atoms. The highest BCUT2D eigenvalue weighted by molar-refractivity contribution is 5.79. The molecule has 0 aliphatic heterocycles. The van der Waals surface area contributed by atoms with Crippen LogP contribution in [-0.2, 0) is 4.79 Å². The van der Waals surface area contributed by atoms with E-state index in [2.05, 4.69) is 0 Å². The van der Waals surface area contributed by atoms with Crippen molar-refractivity contribution in [3.05, 3.63) is 0 Å². The monoisotopic (exact) mass is 194 g/mol. The smallest absolute Gasteiger partial charge is 0.300 e. The van der Waals surface area contributed by atoms with E-state index in [0.717, 1.165) is 0 Å². The molecule has 76 valence electrons. The summed E-state index contributed by atoms with van der Waals surface area (Å²) in [5.74, 6) is -1.51. The van der Waals surface area contributed by atoms with E-state index in [-0.39, 0.29) is 11.7 Å². The molecule has 0 aromatic heterocycles. The predicted octanol–water partition coefficient (Wildman–Crippen LogP) is 2.94. The first-order valence-electron chi connectivity index (χ1n) is 4.49. The van der Waals surface area contributed by atoms with E-state index in [9.17, 15) is 18.0 Å². The number of halogens is 3. The Morgan fingerprint density at radius 1 is 1.31 bits per heavy atom. The maximum atomic E-state index is 12.2. The first kappa shape index (κ1) is 10.5. The SMILES string of the molecule is CC(C1CCC(=O)CC1)C(F)(F)F. The zero-order valence-electron chi connectivity index (χ0n) is 7.53. The molecule has 1 nitrogen and oxygen atoms in total. The van der Waals surface area contributed by atoms with E-state index in [0.29, 0.717) is 25.7 Å². The number of hydrogen-bond donors (Lipinski definition) is 0. The summed E-state index contributed by atoms with van der Waals surface area (Å²) in [6.07, 6.45) is -2.65. The first-order chi connectivity index (χ1) is 5.91. The van der Waals surface area contributed by atoms with Gasteiger partial charge in [0.1, 0.15) is 5.78 Å². The van der Waals surface area contributed by atoms with Crippen molar-refractivity contribution < 1.29 is 18.0 Å². The van der Waals surface area contributed by atoms with E-state index in [1.54, 1.807) is 0 Å². The van der Waals surface area contributed by atoms with Crippen LogP contribution in [0.2, 0.25) is 0 Å². The van der Waals surface area contributed by atoms with Gasteiger partial charge in [-0.2, -0.15) is 13.2 Å². The van der Waals surface area contributed by atoms with Gasteiger partial charge in [0.15, 0.2) is 0 Å². The minimum absolute atomic E-state index is 0.102. The highest BCUT2D eigenvalue weighted by Gasteiger charge is 2.41. The highest BCUT2D eigenvalue weighted by atomic mass is 19.4. The van der Waals surface area contributed by atoms with Gasteiger partial charge in [0.25, 0.3) is 0 Å². The summed E-state index contributed by atoms with van der Waals surface area (Å²) >= 11 is 0. The Bertz CT molecular complexity index is 188. The Kier molecular flexibility index (Phi) is 2.98. The molecule has 0 bridgehead atoms.